The molecule has 2 N–H and O–H groups in total. The molecule has 24 heavy (non-hydrogen) atoms. The van der Waals surface area contributed by atoms with Crippen LogP contribution in [0.2, 0.25) is 0 Å². The van der Waals surface area contributed by atoms with E-state index in [4.69, 9.17) is 13.9 Å². The Morgan fingerprint density at radius 1 is 1.33 bits per heavy atom. The number of nitrogens with zero attached hydrogens (tertiary/aromatic N) is 1. The molecule has 2 aliphatic heterocycles. The Kier molecular flexibility index (Phi) is 4.08. The fourth-order valence-electron chi connectivity index (χ4n) is 2.97. The summed E-state index contributed by atoms with van der Waals surface area (Å²) in [4.78, 5) is 16.6. The zero-order chi connectivity index (χ0) is 16.4. The highest BCUT2D eigenvalue weighted by Gasteiger charge is 2.22. The molecular formula is C17H19N3O4. The van der Waals surface area contributed by atoms with Gasteiger partial charge in [-0.1, -0.05) is 6.07 Å². The number of aromatic nitrogens is 1. The van der Waals surface area contributed by atoms with Gasteiger partial charge in [-0.25, -0.2) is 4.98 Å². The number of piperidine rings is 1. The van der Waals surface area contributed by atoms with E-state index in [0.717, 1.165) is 37.2 Å². The van der Waals surface area contributed by atoms with E-state index in [0.29, 0.717) is 23.9 Å². The van der Waals surface area contributed by atoms with E-state index in [1.807, 2.05) is 18.2 Å². The highest BCUT2D eigenvalue weighted by molar-refractivity contribution is 5.91. The molecule has 0 spiro atoms. The van der Waals surface area contributed by atoms with Crippen molar-refractivity contribution in [2.24, 2.45) is 0 Å². The summed E-state index contributed by atoms with van der Waals surface area (Å²) in [6, 6.07) is 5.61. The molecular weight excluding hydrogens is 310 g/mol. The molecule has 1 atom stereocenters. The van der Waals surface area contributed by atoms with Gasteiger partial charge in [0, 0.05) is 19.0 Å². The van der Waals surface area contributed by atoms with E-state index in [9.17, 15) is 4.79 Å². The molecule has 0 bridgehead atoms. The van der Waals surface area contributed by atoms with Crippen LogP contribution in [0, 0.1) is 0 Å². The highest BCUT2D eigenvalue weighted by atomic mass is 16.7. The first-order valence-corrected chi connectivity index (χ1v) is 8.12. The normalized spacial score (nSPS) is 19.2. The molecule has 126 valence electrons. The Hall–Kier alpha value is -2.54. The van der Waals surface area contributed by atoms with Gasteiger partial charge in [0.25, 0.3) is 5.91 Å². The summed E-state index contributed by atoms with van der Waals surface area (Å²) < 4.78 is 16.1. The summed E-state index contributed by atoms with van der Waals surface area (Å²) in [6.07, 6.45) is 3.56. The van der Waals surface area contributed by atoms with Crippen molar-refractivity contribution in [3.8, 4) is 11.5 Å². The average Bonchev–Trinajstić information content (AvgIpc) is 3.29. The molecule has 0 radical (unpaired) electrons. The third kappa shape index (κ3) is 3.07. The van der Waals surface area contributed by atoms with Gasteiger partial charge in [-0.05, 0) is 37.1 Å². The van der Waals surface area contributed by atoms with E-state index in [-0.39, 0.29) is 18.6 Å². The van der Waals surface area contributed by atoms with Crippen LogP contribution >= 0.6 is 0 Å². The van der Waals surface area contributed by atoms with Gasteiger partial charge < -0.3 is 24.5 Å². The topological polar surface area (TPSA) is 85.6 Å². The lowest BCUT2D eigenvalue weighted by molar-refractivity contribution is 0.0945. The monoisotopic (exact) mass is 329 g/mol. The number of hydrogen-bond acceptors (Lipinski definition) is 6. The average molecular weight is 329 g/mol. The second-order valence-corrected chi connectivity index (χ2v) is 5.98. The van der Waals surface area contributed by atoms with E-state index in [1.54, 1.807) is 0 Å². The van der Waals surface area contributed by atoms with Crippen molar-refractivity contribution in [1.29, 1.82) is 0 Å². The molecule has 1 amide bonds. The Morgan fingerprint density at radius 3 is 3.12 bits per heavy atom. The number of nitrogens with one attached hydrogen (secondary N) is 2. The fourth-order valence-corrected chi connectivity index (χ4v) is 2.97. The standard InChI is InChI=1S/C17H19N3O4/c21-16(13-9-22-17(20-13)12-2-1-5-18-8-12)19-7-11-3-4-14-15(6-11)24-10-23-14/h3-4,6,9,12,18H,1-2,5,7-8,10H2,(H,19,21). The minimum atomic E-state index is -0.244. The molecule has 1 unspecified atom stereocenters. The van der Waals surface area contributed by atoms with Crippen LogP contribution in [0.3, 0.4) is 0 Å². The molecule has 0 saturated carbocycles. The van der Waals surface area contributed by atoms with Gasteiger partial charge in [0.1, 0.15) is 6.26 Å². The number of ether oxygens (including phenoxy) is 2. The first kappa shape index (κ1) is 15.0. The second-order valence-electron chi connectivity index (χ2n) is 5.98. The molecule has 4 rings (SSSR count). The van der Waals surface area contributed by atoms with E-state index in [2.05, 4.69) is 15.6 Å². The smallest absolute Gasteiger partial charge is 0.273 e. The number of carbonyl (C=O) groups is 1. The molecule has 7 heteroatoms. The van der Waals surface area contributed by atoms with Crippen molar-refractivity contribution < 1.29 is 18.7 Å². The molecule has 1 aromatic carbocycles. The first-order chi connectivity index (χ1) is 11.8. The highest BCUT2D eigenvalue weighted by Crippen LogP contribution is 2.32. The van der Waals surface area contributed by atoms with Crippen LogP contribution in [0.15, 0.2) is 28.9 Å². The van der Waals surface area contributed by atoms with Crippen LogP contribution in [-0.2, 0) is 6.54 Å². The molecule has 1 saturated heterocycles. The maximum absolute atomic E-state index is 12.2. The van der Waals surface area contributed by atoms with Crippen LogP contribution in [-0.4, -0.2) is 30.8 Å². The van der Waals surface area contributed by atoms with Crippen LogP contribution in [0.4, 0.5) is 0 Å². The van der Waals surface area contributed by atoms with Gasteiger partial charge in [-0.15, -0.1) is 0 Å². The van der Waals surface area contributed by atoms with Crippen molar-refractivity contribution in [1.82, 2.24) is 15.6 Å². The number of amides is 1. The molecule has 2 aliphatic rings. The molecule has 1 fully saturated rings. The van der Waals surface area contributed by atoms with Crippen molar-refractivity contribution >= 4 is 5.91 Å². The lowest BCUT2D eigenvalue weighted by atomic mass is 10.00. The maximum atomic E-state index is 12.2. The number of fused-ring (bicyclic) bond motifs is 1. The van der Waals surface area contributed by atoms with Crippen LogP contribution in [0.25, 0.3) is 0 Å². The molecule has 0 aliphatic carbocycles. The number of rotatable bonds is 4. The molecule has 2 aromatic rings. The van der Waals surface area contributed by atoms with Gasteiger partial charge in [0.15, 0.2) is 23.1 Å². The summed E-state index contributed by atoms with van der Waals surface area (Å²) in [5, 5.41) is 6.17. The summed E-state index contributed by atoms with van der Waals surface area (Å²) in [5.41, 5.74) is 1.25. The largest absolute Gasteiger partial charge is 0.454 e. The van der Waals surface area contributed by atoms with Gasteiger partial charge in [-0.2, -0.15) is 0 Å². The fraction of sp³-hybridized carbons (Fsp3) is 0.412. The zero-order valence-corrected chi connectivity index (χ0v) is 13.2. The van der Waals surface area contributed by atoms with Gasteiger partial charge in [0.05, 0.1) is 0 Å². The lowest BCUT2D eigenvalue weighted by Crippen LogP contribution is -2.28. The van der Waals surface area contributed by atoms with Crippen molar-refractivity contribution in [2.75, 3.05) is 19.9 Å². The SMILES string of the molecule is O=C(NCc1ccc2c(c1)OCO2)c1coc(C2CCCNC2)n1. The number of benzene rings is 1. The van der Waals surface area contributed by atoms with Crippen LogP contribution in [0.1, 0.15) is 40.7 Å². The van der Waals surface area contributed by atoms with E-state index < -0.39 is 0 Å². The third-order valence-electron chi connectivity index (χ3n) is 4.29. The summed E-state index contributed by atoms with van der Waals surface area (Å²) in [7, 11) is 0. The van der Waals surface area contributed by atoms with E-state index >= 15 is 0 Å². The van der Waals surface area contributed by atoms with Crippen molar-refractivity contribution in [3.05, 3.63) is 41.6 Å². The predicted molar refractivity (Wildman–Crippen MR) is 85.1 cm³/mol. The molecule has 3 heterocycles. The van der Waals surface area contributed by atoms with Crippen LogP contribution in [0.5, 0.6) is 11.5 Å². The Morgan fingerprint density at radius 2 is 2.25 bits per heavy atom. The minimum absolute atomic E-state index is 0.239. The number of hydrogen-bond donors (Lipinski definition) is 2. The predicted octanol–water partition coefficient (Wildman–Crippen LogP) is 1.80. The Bertz CT molecular complexity index is 737. The van der Waals surface area contributed by atoms with E-state index in [1.165, 1.54) is 6.26 Å². The van der Waals surface area contributed by atoms with Gasteiger partial charge in [-0.3, -0.25) is 4.79 Å². The van der Waals surface area contributed by atoms with Crippen LogP contribution < -0.4 is 20.1 Å². The number of carbonyl (C=O) groups excluding carboxylic acids is 1. The maximum Gasteiger partial charge on any atom is 0.273 e. The molecule has 1 aromatic heterocycles. The summed E-state index contributed by atoms with van der Waals surface area (Å²) in [6.45, 7) is 2.50. The van der Waals surface area contributed by atoms with Crippen molar-refractivity contribution in [3.63, 3.8) is 0 Å². The van der Waals surface area contributed by atoms with Gasteiger partial charge in [0.2, 0.25) is 6.79 Å². The Balaban J connectivity index is 1.37. The first-order valence-electron chi connectivity index (χ1n) is 8.12. The zero-order valence-electron chi connectivity index (χ0n) is 13.2. The third-order valence-corrected chi connectivity index (χ3v) is 4.29. The van der Waals surface area contributed by atoms with Gasteiger partial charge >= 0.3 is 0 Å². The Labute approximate surface area is 139 Å². The van der Waals surface area contributed by atoms with Crippen molar-refractivity contribution in [2.45, 2.75) is 25.3 Å². The summed E-state index contributed by atoms with van der Waals surface area (Å²) >= 11 is 0. The minimum Gasteiger partial charge on any atom is -0.454 e. The number of oxazole rings is 1. The quantitative estimate of drug-likeness (QED) is 0.890. The summed E-state index contributed by atoms with van der Waals surface area (Å²) in [5.74, 6) is 2.07. The second kappa shape index (κ2) is 6.52. The lowest BCUT2D eigenvalue weighted by Gasteiger charge is -2.19. The molecule has 7 nitrogen and oxygen atoms in total.